The summed E-state index contributed by atoms with van der Waals surface area (Å²) in [5.41, 5.74) is 11.9. The zero-order valence-corrected chi connectivity index (χ0v) is 20.8. The Hall–Kier alpha value is -3.84. The van der Waals surface area contributed by atoms with Crippen molar-refractivity contribution in [1.29, 1.82) is 0 Å². The second-order valence-corrected chi connectivity index (χ2v) is 11.1. The first-order chi connectivity index (χ1) is 16.9. The third-order valence-electron chi connectivity index (χ3n) is 8.42. The monoisotopic (exact) mass is 451 g/mol. The number of fused-ring (bicyclic) bond motifs is 5. The average molecular weight is 452 g/mol. The Labute approximate surface area is 207 Å². The molecule has 0 saturated carbocycles. The number of benzene rings is 5. The van der Waals surface area contributed by atoms with Crippen molar-refractivity contribution in [3.05, 3.63) is 125 Å². The Bertz CT molecular complexity index is 1650. The highest BCUT2D eigenvalue weighted by atomic mass is 15.2. The number of rotatable bonds is 1. The van der Waals surface area contributed by atoms with Gasteiger partial charge < -0.3 is 4.90 Å². The van der Waals surface area contributed by atoms with Crippen LogP contribution in [0.15, 0.2) is 103 Å². The van der Waals surface area contributed by atoms with Gasteiger partial charge in [-0.15, -0.1) is 0 Å². The fourth-order valence-corrected chi connectivity index (χ4v) is 6.43. The van der Waals surface area contributed by atoms with E-state index in [9.17, 15) is 0 Å². The fraction of sp³-hybridized carbons (Fsp3) is 0.176. The molecule has 35 heavy (non-hydrogen) atoms. The number of hydrogen-bond donors (Lipinski definition) is 0. The molecule has 0 fully saturated rings. The van der Waals surface area contributed by atoms with Crippen molar-refractivity contribution in [3.8, 4) is 11.1 Å². The van der Waals surface area contributed by atoms with E-state index in [1.807, 2.05) is 0 Å². The van der Waals surface area contributed by atoms with E-state index in [2.05, 4.69) is 136 Å². The normalized spacial score (nSPS) is 16.4. The molecule has 0 N–H and O–H groups in total. The molecule has 2 heterocycles. The van der Waals surface area contributed by atoms with Crippen LogP contribution in [0, 0.1) is 0 Å². The summed E-state index contributed by atoms with van der Waals surface area (Å²) < 4.78 is 0. The summed E-state index contributed by atoms with van der Waals surface area (Å²) in [5, 5.41) is 2.56. The lowest BCUT2D eigenvalue weighted by atomic mass is 9.66. The van der Waals surface area contributed by atoms with Crippen molar-refractivity contribution in [1.82, 2.24) is 0 Å². The van der Waals surface area contributed by atoms with Crippen molar-refractivity contribution in [2.45, 2.75) is 38.5 Å². The van der Waals surface area contributed by atoms with Crippen LogP contribution in [0.2, 0.25) is 0 Å². The second kappa shape index (κ2) is 6.86. The minimum Gasteiger partial charge on any atom is -0.309 e. The quantitative estimate of drug-likeness (QED) is 0.245. The summed E-state index contributed by atoms with van der Waals surface area (Å²) in [6.45, 7) is 9.50. The number of nitrogens with zero attached hydrogens (tertiary/aromatic N) is 1. The summed E-state index contributed by atoms with van der Waals surface area (Å²) in [4.78, 5) is 2.52. The van der Waals surface area contributed by atoms with Gasteiger partial charge in [0.1, 0.15) is 0 Å². The third kappa shape index (κ3) is 2.70. The zero-order chi connectivity index (χ0) is 23.9. The van der Waals surface area contributed by atoms with Gasteiger partial charge in [-0.2, -0.15) is 0 Å². The standard InChI is InChI=1S/C34H29N/c1-33(2)26-12-7-8-15-30(26)35-31-19-18-25(24-17-16-22-10-5-6-11-23(22)20-24)21-29(31)34(3,4)28-14-9-13-27(33)32(28)35/h5-21H,1-4H3. The fourth-order valence-electron chi connectivity index (χ4n) is 6.43. The molecule has 2 aliphatic rings. The number of hydrogen-bond acceptors (Lipinski definition) is 1. The minimum absolute atomic E-state index is 0.0446. The first kappa shape index (κ1) is 20.5. The van der Waals surface area contributed by atoms with Gasteiger partial charge in [-0.05, 0) is 68.4 Å². The van der Waals surface area contributed by atoms with Crippen molar-refractivity contribution < 1.29 is 0 Å². The van der Waals surface area contributed by atoms with E-state index >= 15 is 0 Å². The van der Waals surface area contributed by atoms with Crippen molar-refractivity contribution in [2.75, 3.05) is 4.90 Å². The molecule has 0 bridgehead atoms. The average Bonchev–Trinajstić information content (AvgIpc) is 2.88. The molecule has 0 aromatic heterocycles. The van der Waals surface area contributed by atoms with Crippen LogP contribution in [-0.2, 0) is 10.8 Å². The maximum atomic E-state index is 2.52. The van der Waals surface area contributed by atoms with Crippen LogP contribution in [-0.4, -0.2) is 0 Å². The SMILES string of the molecule is CC1(C)c2ccccc2N2c3ccc(-c4ccc5ccccc5c4)cc3C(C)(C)c3cccc1c32. The molecule has 1 nitrogen and oxygen atoms in total. The van der Waals surface area contributed by atoms with Crippen molar-refractivity contribution in [2.24, 2.45) is 0 Å². The molecular weight excluding hydrogens is 422 g/mol. The summed E-state index contributed by atoms with van der Waals surface area (Å²) in [7, 11) is 0. The highest BCUT2D eigenvalue weighted by molar-refractivity contribution is 5.94. The molecule has 0 atom stereocenters. The molecule has 0 amide bonds. The lowest BCUT2D eigenvalue weighted by molar-refractivity contribution is 0.597. The van der Waals surface area contributed by atoms with E-state index < -0.39 is 0 Å². The third-order valence-corrected chi connectivity index (χ3v) is 8.42. The van der Waals surface area contributed by atoms with Crippen LogP contribution in [0.4, 0.5) is 17.1 Å². The van der Waals surface area contributed by atoms with Crippen LogP contribution in [0.25, 0.3) is 21.9 Å². The van der Waals surface area contributed by atoms with Gasteiger partial charge in [-0.3, -0.25) is 0 Å². The lowest BCUT2D eigenvalue weighted by Gasteiger charge is -2.49. The van der Waals surface area contributed by atoms with Gasteiger partial charge in [0.2, 0.25) is 0 Å². The first-order valence-electron chi connectivity index (χ1n) is 12.5. The van der Waals surface area contributed by atoms with Gasteiger partial charge >= 0.3 is 0 Å². The molecule has 5 aromatic rings. The van der Waals surface area contributed by atoms with Gasteiger partial charge in [0.05, 0.1) is 17.1 Å². The van der Waals surface area contributed by atoms with E-state index in [4.69, 9.17) is 0 Å². The molecule has 1 heteroatoms. The van der Waals surface area contributed by atoms with Gasteiger partial charge in [0, 0.05) is 10.8 Å². The molecule has 5 aromatic carbocycles. The van der Waals surface area contributed by atoms with Gasteiger partial charge in [0.15, 0.2) is 0 Å². The summed E-state index contributed by atoms with van der Waals surface area (Å²) in [5.74, 6) is 0. The molecule has 2 aliphatic heterocycles. The van der Waals surface area contributed by atoms with Gasteiger partial charge in [-0.1, -0.05) is 107 Å². The van der Waals surface area contributed by atoms with E-state index in [-0.39, 0.29) is 10.8 Å². The van der Waals surface area contributed by atoms with Crippen molar-refractivity contribution >= 4 is 27.8 Å². The first-order valence-corrected chi connectivity index (χ1v) is 12.5. The number of anilines is 3. The molecular formula is C34H29N. The molecule has 7 rings (SSSR count). The van der Waals surface area contributed by atoms with Crippen molar-refractivity contribution in [3.63, 3.8) is 0 Å². The highest BCUT2D eigenvalue weighted by Crippen LogP contribution is 2.60. The largest absolute Gasteiger partial charge is 0.309 e. The Kier molecular flexibility index (Phi) is 4.02. The molecule has 0 aliphatic carbocycles. The Morgan fingerprint density at radius 1 is 0.457 bits per heavy atom. The van der Waals surface area contributed by atoms with E-state index in [1.54, 1.807) is 0 Å². The topological polar surface area (TPSA) is 3.24 Å². The molecule has 0 radical (unpaired) electrons. The van der Waals surface area contributed by atoms with Crippen LogP contribution in [0.1, 0.15) is 49.9 Å². The Morgan fingerprint density at radius 3 is 1.83 bits per heavy atom. The van der Waals surface area contributed by atoms with E-state index in [0.29, 0.717) is 0 Å². The molecule has 0 saturated heterocycles. The highest BCUT2D eigenvalue weighted by Gasteiger charge is 2.45. The summed E-state index contributed by atoms with van der Waals surface area (Å²) in [6.07, 6.45) is 0. The van der Waals surface area contributed by atoms with Gasteiger partial charge in [0.25, 0.3) is 0 Å². The van der Waals surface area contributed by atoms with Crippen LogP contribution in [0.3, 0.4) is 0 Å². The molecule has 170 valence electrons. The Balaban J connectivity index is 1.49. The zero-order valence-electron chi connectivity index (χ0n) is 20.8. The van der Waals surface area contributed by atoms with Crippen LogP contribution < -0.4 is 4.90 Å². The Morgan fingerprint density at radius 2 is 1.03 bits per heavy atom. The smallest absolute Gasteiger partial charge is 0.0543 e. The van der Waals surface area contributed by atoms with E-state index in [1.165, 1.54) is 61.2 Å². The van der Waals surface area contributed by atoms with Crippen LogP contribution >= 0.6 is 0 Å². The second-order valence-electron chi connectivity index (χ2n) is 11.1. The summed E-state index contributed by atoms with van der Waals surface area (Å²) in [6, 6.07) is 38.3. The number of para-hydroxylation sites is 2. The minimum atomic E-state index is -0.105. The van der Waals surface area contributed by atoms with Crippen LogP contribution in [0.5, 0.6) is 0 Å². The molecule has 0 unspecified atom stereocenters. The predicted molar refractivity (Wildman–Crippen MR) is 148 cm³/mol. The molecule has 0 spiro atoms. The maximum absolute atomic E-state index is 2.52. The maximum Gasteiger partial charge on any atom is 0.0543 e. The van der Waals surface area contributed by atoms with E-state index in [0.717, 1.165) is 0 Å². The predicted octanol–water partition coefficient (Wildman–Crippen LogP) is 9.26. The lowest BCUT2D eigenvalue weighted by Crippen LogP contribution is -2.38. The van der Waals surface area contributed by atoms with Gasteiger partial charge in [-0.25, -0.2) is 0 Å². The summed E-state index contributed by atoms with van der Waals surface area (Å²) >= 11 is 0.